The van der Waals surface area contributed by atoms with Crippen LogP contribution >= 0.6 is 0 Å². The molecular weight excluding hydrogens is 158 g/mol. The molecule has 0 N–H and O–H groups in total. The van der Waals surface area contributed by atoms with E-state index in [-0.39, 0.29) is 0 Å². The van der Waals surface area contributed by atoms with Gasteiger partial charge in [0.2, 0.25) is 0 Å². The third-order valence-corrected chi connectivity index (χ3v) is 3.18. The summed E-state index contributed by atoms with van der Waals surface area (Å²) in [5, 5.41) is 8.75. The van der Waals surface area contributed by atoms with E-state index < -0.39 is 0 Å². The van der Waals surface area contributed by atoms with Gasteiger partial charge in [0.05, 0.1) is 12.0 Å². The van der Waals surface area contributed by atoms with Crippen molar-refractivity contribution in [2.45, 2.75) is 53.4 Å². The third-order valence-electron chi connectivity index (χ3n) is 3.18. The maximum atomic E-state index is 8.75. The smallest absolute Gasteiger partial charge is 0.0661 e. The first-order valence-corrected chi connectivity index (χ1v) is 5.27. The Balaban J connectivity index is 2.19. The summed E-state index contributed by atoms with van der Waals surface area (Å²) in [6, 6.07) is 2.38. The highest BCUT2D eigenvalue weighted by Crippen LogP contribution is 2.55. The van der Waals surface area contributed by atoms with Gasteiger partial charge >= 0.3 is 0 Å². The van der Waals surface area contributed by atoms with E-state index in [4.69, 9.17) is 5.26 Å². The predicted octanol–water partition coefficient (Wildman–Crippen LogP) is 3.75. The van der Waals surface area contributed by atoms with Crippen molar-refractivity contribution in [2.75, 3.05) is 0 Å². The van der Waals surface area contributed by atoms with Gasteiger partial charge in [0, 0.05) is 0 Å². The molecule has 1 nitrogen and oxygen atoms in total. The molecular formula is C12H21N. The normalized spacial score (nSPS) is 32.7. The zero-order valence-electron chi connectivity index (χ0n) is 9.35. The molecule has 2 unspecified atom stereocenters. The van der Waals surface area contributed by atoms with Crippen LogP contribution in [0, 0.1) is 28.1 Å². The van der Waals surface area contributed by atoms with Crippen molar-refractivity contribution in [2.24, 2.45) is 16.7 Å². The average Bonchev–Trinajstić information content (AvgIpc) is 2.59. The summed E-state index contributed by atoms with van der Waals surface area (Å²) in [4.78, 5) is 0. The molecule has 0 amide bonds. The first-order chi connectivity index (χ1) is 5.87. The minimum absolute atomic E-state index is 0.354. The van der Waals surface area contributed by atoms with Crippen molar-refractivity contribution in [3.8, 4) is 6.07 Å². The van der Waals surface area contributed by atoms with Gasteiger partial charge in [-0.15, -0.1) is 0 Å². The molecule has 1 aliphatic carbocycles. The molecule has 1 aliphatic rings. The number of hydrogen-bond donors (Lipinski definition) is 0. The molecule has 0 saturated heterocycles. The van der Waals surface area contributed by atoms with Gasteiger partial charge < -0.3 is 0 Å². The fraction of sp³-hybridized carbons (Fsp3) is 0.917. The molecule has 0 aromatic rings. The van der Waals surface area contributed by atoms with Crippen LogP contribution in [0.25, 0.3) is 0 Å². The lowest BCUT2D eigenvalue weighted by molar-refractivity contribution is 0.334. The lowest BCUT2D eigenvalue weighted by Crippen LogP contribution is -2.06. The Labute approximate surface area is 82.1 Å². The SMILES string of the molecule is CC(C)(C)CCCC1(C)CC1C#N. The Morgan fingerprint density at radius 1 is 1.46 bits per heavy atom. The van der Waals surface area contributed by atoms with Crippen molar-refractivity contribution in [1.82, 2.24) is 0 Å². The van der Waals surface area contributed by atoms with Gasteiger partial charge in [-0.2, -0.15) is 5.26 Å². The molecule has 0 bridgehead atoms. The minimum Gasteiger partial charge on any atom is -0.198 e. The van der Waals surface area contributed by atoms with Gasteiger partial charge in [-0.1, -0.05) is 34.1 Å². The molecule has 2 atom stereocenters. The van der Waals surface area contributed by atoms with Gasteiger partial charge in [-0.3, -0.25) is 0 Å². The van der Waals surface area contributed by atoms with Gasteiger partial charge in [-0.05, 0) is 30.1 Å². The van der Waals surface area contributed by atoms with Gasteiger partial charge in [0.25, 0.3) is 0 Å². The zero-order valence-corrected chi connectivity index (χ0v) is 9.35. The summed E-state index contributed by atoms with van der Waals surface area (Å²) in [7, 11) is 0. The quantitative estimate of drug-likeness (QED) is 0.647. The van der Waals surface area contributed by atoms with Gasteiger partial charge in [0.15, 0.2) is 0 Å². The van der Waals surface area contributed by atoms with Crippen LogP contribution in [-0.4, -0.2) is 0 Å². The Hall–Kier alpha value is -0.510. The molecule has 0 aliphatic heterocycles. The van der Waals surface area contributed by atoms with Crippen molar-refractivity contribution < 1.29 is 0 Å². The van der Waals surface area contributed by atoms with Gasteiger partial charge in [-0.25, -0.2) is 0 Å². The van der Waals surface area contributed by atoms with Crippen LogP contribution in [0.1, 0.15) is 53.4 Å². The lowest BCUT2D eigenvalue weighted by Gasteiger charge is -2.19. The molecule has 0 spiro atoms. The molecule has 1 heteroatoms. The maximum absolute atomic E-state index is 8.75. The summed E-state index contributed by atoms with van der Waals surface area (Å²) in [6.07, 6.45) is 4.93. The highest BCUT2D eigenvalue weighted by Gasteiger charge is 2.49. The second-order valence-corrected chi connectivity index (χ2v) is 5.95. The summed E-state index contributed by atoms with van der Waals surface area (Å²) in [6.45, 7) is 9.10. The molecule has 0 aromatic heterocycles. The molecule has 1 rings (SSSR count). The van der Waals surface area contributed by atoms with Crippen LogP contribution in [0.15, 0.2) is 0 Å². The number of hydrogen-bond acceptors (Lipinski definition) is 1. The molecule has 1 fully saturated rings. The Kier molecular flexibility index (Phi) is 2.71. The van der Waals surface area contributed by atoms with Crippen LogP contribution in [0.4, 0.5) is 0 Å². The molecule has 74 valence electrons. The van der Waals surface area contributed by atoms with E-state index in [0.29, 0.717) is 16.7 Å². The summed E-state index contributed by atoms with van der Waals surface area (Å²) >= 11 is 0. The van der Waals surface area contributed by atoms with E-state index in [9.17, 15) is 0 Å². The summed E-state index contributed by atoms with van der Waals surface area (Å²) in [5.74, 6) is 0.354. The number of rotatable bonds is 3. The van der Waals surface area contributed by atoms with Crippen molar-refractivity contribution in [3.63, 3.8) is 0 Å². The predicted molar refractivity (Wildman–Crippen MR) is 55.1 cm³/mol. The van der Waals surface area contributed by atoms with Crippen LogP contribution in [0.2, 0.25) is 0 Å². The summed E-state index contributed by atoms with van der Waals surface area (Å²) in [5.41, 5.74) is 0.827. The highest BCUT2D eigenvalue weighted by atomic mass is 14.5. The van der Waals surface area contributed by atoms with Crippen LogP contribution < -0.4 is 0 Å². The standard InChI is InChI=1S/C12H21N/c1-11(2,3)6-5-7-12(4)8-10(12)9-13/h10H,5-8H2,1-4H3. The van der Waals surface area contributed by atoms with E-state index in [1.165, 1.54) is 19.3 Å². The lowest BCUT2D eigenvalue weighted by atomic mass is 9.87. The van der Waals surface area contributed by atoms with Crippen molar-refractivity contribution in [3.05, 3.63) is 0 Å². The topological polar surface area (TPSA) is 23.8 Å². The van der Waals surface area contributed by atoms with E-state index in [2.05, 4.69) is 33.8 Å². The highest BCUT2D eigenvalue weighted by molar-refractivity contribution is 5.09. The monoisotopic (exact) mass is 179 g/mol. The van der Waals surface area contributed by atoms with Crippen LogP contribution in [0.3, 0.4) is 0 Å². The Morgan fingerprint density at radius 3 is 2.46 bits per heavy atom. The molecule has 13 heavy (non-hydrogen) atoms. The van der Waals surface area contributed by atoms with Crippen LogP contribution in [0.5, 0.6) is 0 Å². The number of nitrogens with zero attached hydrogens (tertiary/aromatic N) is 1. The maximum Gasteiger partial charge on any atom is 0.0661 e. The molecule has 1 saturated carbocycles. The Morgan fingerprint density at radius 2 is 2.08 bits per heavy atom. The number of nitriles is 1. The van der Waals surface area contributed by atoms with Crippen molar-refractivity contribution in [1.29, 1.82) is 5.26 Å². The fourth-order valence-electron chi connectivity index (χ4n) is 1.91. The summed E-state index contributed by atoms with van der Waals surface area (Å²) < 4.78 is 0. The van der Waals surface area contributed by atoms with Crippen molar-refractivity contribution >= 4 is 0 Å². The zero-order chi connectivity index (χ0) is 10.1. The first-order valence-electron chi connectivity index (χ1n) is 5.27. The third kappa shape index (κ3) is 3.03. The Bertz CT molecular complexity index is 218. The second-order valence-electron chi connectivity index (χ2n) is 5.95. The molecule has 0 heterocycles. The molecule has 0 aromatic carbocycles. The minimum atomic E-state index is 0.354. The van der Waals surface area contributed by atoms with E-state index in [0.717, 1.165) is 6.42 Å². The largest absolute Gasteiger partial charge is 0.198 e. The second kappa shape index (κ2) is 3.33. The van der Waals surface area contributed by atoms with E-state index in [1.54, 1.807) is 0 Å². The molecule has 0 radical (unpaired) electrons. The van der Waals surface area contributed by atoms with E-state index >= 15 is 0 Å². The fourth-order valence-corrected chi connectivity index (χ4v) is 1.91. The van der Waals surface area contributed by atoms with Crippen LogP contribution in [-0.2, 0) is 0 Å². The van der Waals surface area contributed by atoms with Gasteiger partial charge in [0.1, 0.15) is 0 Å². The first kappa shape index (κ1) is 10.6. The average molecular weight is 179 g/mol. The van der Waals surface area contributed by atoms with E-state index in [1.807, 2.05) is 0 Å².